The molecule has 2 aromatic carbocycles. The summed E-state index contributed by atoms with van der Waals surface area (Å²) in [6.07, 6.45) is 0. The molecule has 104 valence electrons. The van der Waals surface area contributed by atoms with Gasteiger partial charge in [0.2, 0.25) is 0 Å². The van der Waals surface area contributed by atoms with E-state index < -0.39 is 0 Å². The second-order valence-corrected chi connectivity index (χ2v) is 5.50. The second-order valence-electron chi connectivity index (χ2n) is 5.50. The van der Waals surface area contributed by atoms with Gasteiger partial charge in [-0.2, -0.15) is 0 Å². The van der Waals surface area contributed by atoms with Crippen LogP contribution in [0.3, 0.4) is 0 Å². The largest absolute Gasteiger partial charge is 0.378 e. The first-order valence-electron chi connectivity index (χ1n) is 7.23. The molecule has 0 amide bonds. The van der Waals surface area contributed by atoms with Gasteiger partial charge < -0.3 is 10.1 Å². The number of hydrogen-bond acceptors (Lipinski definition) is 2. The minimum absolute atomic E-state index is 0.331. The summed E-state index contributed by atoms with van der Waals surface area (Å²) in [5.74, 6) is 0. The molecule has 0 radical (unpaired) electrons. The van der Waals surface area contributed by atoms with Gasteiger partial charge >= 0.3 is 0 Å². The Kier molecular flexibility index (Phi) is 3.86. The molecule has 1 saturated heterocycles. The Balaban J connectivity index is 1.83. The van der Waals surface area contributed by atoms with E-state index in [9.17, 15) is 0 Å². The van der Waals surface area contributed by atoms with Crippen LogP contribution in [-0.4, -0.2) is 19.8 Å². The summed E-state index contributed by atoms with van der Waals surface area (Å²) in [5.41, 5.74) is 6.54. The molecule has 2 nitrogen and oxygen atoms in total. The Morgan fingerprint density at radius 3 is 2.35 bits per heavy atom. The summed E-state index contributed by atoms with van der Waals surface area (Å²) in [4.78, 5) is 0. The van der Waals surface area contributed by atoms with Crippen molar-refractivity contribution in [2.24, 2.45) is 0 Å². The molecule has 3 rings (SSSR count). The lowest BCUT2D eigenvalue weighted by atomic mass is 9.98. The Morgan fingerprint density at radius 1 is 0.950 bits per heavy atom. The van der Waals surface area contributed by atoms with Gasteiger partial charge in [-0.1, -0.05) is 42.5 Å². The topological polar surface area (TPSA) is 21.3 Å². The Labute approximate surface area is 120 Å². The fraction of sp³-hybridized carbons (Fsp3) is 0.333. The molecule has 2 aromatic rings. The van der Waals surface area contributed by atoms with Crippen LogP contribution in [0.1, 0.15) is 22.7 Å². The van der Waals surface area contributed by atoms with Crippen LogP contribution in [0.15, 0.2) is 42.5 Å². The van der Waals surface area contributed by atoms with Crippen molar-refractivity contribution in [3.63, 3.8) is 0 Å². The van der Waals surface area contributed by atoms with E-state index in [0.29, 0.717) is 6.04 Å². The van der Waals surface area contributed by atoms with Crippen molar-refractivity contribution in [2.75, 3.05) is 19.8 Å². The molecule has 1 atom stereocenters. The second kappa shape index (κ2) is 5.78. The van der Waals surface area contributed by atoms with E-state index in [1.54, 1.807) is 0 Å². The van der Waals surface area contributed by atoms with Gasteiger partial charge in [-0.25, -0.2) is 0 Å². The zero-order chi connectivity index (χ0) is 13.9. The van der Waals surface area contributed by atoms with E-state index in [-0.39, 0.29) is 0 Å². The standard InChI is InChI=1S/C18H21NO/c1-13-3-4-17(11-14(13)2)15-5-7-16(8-6-15)18-12-20-10-9-19-18/h3-8,11,18-19H,9-10,12H2,1-2H3. The smallest absolute Gasteiger partial charge is 0.0662 e. The maximum Gasteiger partial charge on any atom is 0.0662 e. The summed E-state index contributed by atoms with van der Waals surface area (Å²) in [6.45, 7) is 6.83. The Hall–Kier alpha value is -1.64. The first-order chi connectivity index (χ1) is 9.74. The van der Waals surface area contributed by atoms with Crippen LogP contribution in [0.2, 0.25) is 0 Å². The maximum absolute atomic E-state index is 5.52. The van der Waals surface area contributed by atoms with E-state index in [2.05, 4.69) is 61.6 Å². The highest BCUT2D eigenvalue weighted by Crippen LogP contribution is 2.24. The first-order valence-corrected chi connectivity index (χ1v) is 7.23. The van der Waals surface area contributed by atoms with Gasteiger partial charge in [0.25, 0.3) is 0 Å². The molecule has 1 fully saturated rings. The zero-order valence-corrected chi connectivity index (χ0v) is 12.1. The summed E-state index contributed by atoms with van der Waals surface area (Å²) in [6, 6.07) is 15.8. The third-order valence-corrected chi connectivity index (χ3v) is 4.07. The number of nitrogens with one attached hydrogen (secondary N) is 1. The highest BCUT2D eigenvalue weighted by molar-refractivity contribution is 5.65. The number of ether oxygens (including phenoxy) is 1. The fourth-order valence-electron chi connectivity index (χ4n) is 2.61. The van der Waals surface area contributed by atoms with Crippen molar-refractivity contribution in [1.29, 1.82) is 0 Å². The van der Waals surface area contributed by atoms with Gasteiger partial charge in [0.1, 0.15) is 0 Å². The number of benzene rings is 2. The monoisotopic (exact) mass is 267 g/mol. The normalized spacial score (nSPS) is 19.0. The summed E-state index contributed by atoms with van der Waals surface area (Å²) < 4.78 is 5.52. The fourth-order valence-corrected chi connectivity index (χ4v) is 2.61. The van der Waals surface area contributed by atoms with Crippen LogP contribution < -0.4 is 5.32 Å². The molecule has 0 bridgehead atoms. The third kappa shape index (κ3) is 2.77. The zero-order valence-electron chi connectivity index (χ0n) is 12.1. The average molecular weight is 267 g/mol. The average Bonchev–Trinajstić information content (AvgIpc) is 2.51. The van der Waals surface area contributed by atoms with Gasteiger partial charge in [-0.3, -0.25) is 0 Å². The van der Waals surface area contributed by atoms with Gasteiger partial charge in [0.05, 0.1) is 19.3 Å². The van der Waals surface area contributed by atoms with Crippen molar-refractivity contribution < 1.29 is 4.74 Å². The van der Waals surface area contributed by atoms with Crippen molar-refractivity contribution in [1.82, 2.24) is 5.32 Å². The molecule has 0 spiro atoms. The molecule has 0 saturated carbocycles. The van der Waals surface area contributed by atoms with Crippen molar-refractivity contribution >= 4 is 0 Å². The molecule has 1 aliphatic heterocycles. The van der Waals surface area contributed by atoms with Crippen LogP contribution in [0.4, 0.5) is 0 Å². The predicted octanol–water partition coefficient (Wildman–Crippen LogP) is 3.63. The van der Waals surface area contributed by atoms with Gasteiger partial charge in [-0.05, 0) is 41.7 Å². The Bertz CT molecular complexity index is 583. The van der Waals surface area contributed by atoms with Gasteiger partial charge in [-0.15, -0.1) is 0 Å². The summed E-state index contributed by atoms with van der Waals surface area (Å²) in [5, 5.41) is 3.49. The van der Waals surface area contributed by atoms with E-state index in [4.69, 9.17) is 4.74 Å². The third-order valence-electron chi connectivity index (χ3n) is 4.07. The van der Waals surface area contributed by atoms with Gasteiger partial charge in [0.15, 0.2) is 0 Å². The van der Waals surface area contributed by atoms with Crippen LogP contribution in [0, 0.1) is 13.8 Å². The lowest BCUT2D eigenvalue weighted by Gasteiger charge is -2.24. The quantitative estimate of drug-likeness (QED) is 0.897. The molecule has 1 aliphatic rings. The minimum Gasteiger partial charge on any atom is -0.378 e. The maximum atomic E-state index is 5.52. The molecule has 2 heteroatoms. The SMILES string of the molecule is Cc1ccc(-c2ccc(C3COCCN3)cc2)cc1C. The van der Waals surface area contributed by atoms with E-state index >= 15 is 0 Å². The van der Waals surface area contributed by atoms with Crippen molar-refractivity contribution in [2.45, 2.75) is 19.9 Å². The molecule has 20 heavy (non-hydrogen) atoms. The molecule has 1 N–H and O–H groups in total. The summed E-state index contributed by atoms with van der Waals surface area (Å²) in [7, 11) is 0. The molecule has 0 aliphatic carbocycles. The molecular formula is C18H21NO. The van der Waals surface area contributed by atoms with E-state index in [1.165, 1.54) is 27.8 Å². The lowest BCUT2D eigenvalue weighted by Crippen LogP contribution is -2.34. The first kappa shape index (κ1) is 13.3. The van der Waals surface area contributed by atoms with Crippen LogP contribution in [0.25, 0.3) is 11.1 Å². The van der Waals surface area contributed by atoms with E-state index in [0.717, 1.165) is 19.8 Å². The number of morpholine rings is 1. The summed E-state index contributed by atoms with van der Waals surface area (Å²) >= 11 is 0. The van der Waals surface area contributed by atoms with Crippen LogP contribution in [0.5, 0.6) is 0 Å². The number of rotatable bonds is 2. The predicted molar refractivity (Wildman–Crippen MR) is 82.9 cm³/mol. The number of aryl methyl sites for hydroxylation is 2. The minimum atomic E-state index is 0.331. The van der Waals surface area contributed by atoms with Crippen LogP contribution in [-0.2, 0) is 4.74 Å². The lowest BCUT2D eigenvalue weighted by molar-refractivity contribution is 0.0769. The number of hydrogen-bond donors (Lipinski definition) is 1. The van der Waals surface area contributed by atoms with Gasteiger partial charge in [0, 0.05) is 6.54 Å². The molecule has 1 heterocycles. The van der Waals surface area contributed by atoms with Crippen LogP contribution >= 0.6 is 0 Å². The highest BCUT2D eigenvalue weighted by Gasteiger charge is 2.14. The Morgan fingerprint density at radius 2 is 1.70 bits per heavy atom. The molecule has 1 unspecified atom stereocenters. The molecule has 0 aromatic heterocycles. The van der Waals surface area contributed by atoms with E-state index in [1.807, 2.05) is 0 Å². The van der Waals surface area contributed by atoms with Crippen molar-refractivity contribution in [3.8, 4) is 11.1 Å². The molecular weight excluding hydrogens is 246 g/mol. The van der Waals surface area contributed by atoms with Crippen molar-refractivity contribution in [3.05, 3.63) is 59.2 Å². The highest BCUT2D eigenvalue weighted by atomic mass is 16.5.